The first-order valence-corrected chi connectivity index (χ1v) is 9.13. The van der Waals surface area contributed by atoms with Gasteiger partial charge in [-0.15, -0.1) is 11.3 Å². The summed E-state index contributed by atoms with van der Waals surface area (Å²) in [4.78, 5) is 14.2. The van der Waals surface area contributed by atoms with Crippen LogP contribution in [0.15, 0.2) is 48.7 Å². The molecule has 3 rings (SSSR count). The van der Waals surface area contributed by atoms with Crippen LogP contribution in [0.2, 0.25) is 0 Å². The Morgan fingerprint density at radius 1 is 1.12 bits per heavy atom. The molecule has 0 fully saturated rings. The van der Waals surface area contributed by atoms with E-state index in [2.05, 4.69) is 55.5 Å². The number of carbonyl (C=O) groups is 1. The number of nitrogens with zero attached hydrogens (tertiary/aromatic N) is 2. The SMILES string of the molecule is Cc1ccc(C(=O)Nc2ccnn2Cc2ccc(C(C)(C)C)cc2)s1. The number of anilines is 1. The number of rotatable bonds is 4. The second-order valence-corrected chi connectivity index (χ2v) is 8.47. The van der Waals surface area contributed by atoms with Gasteiger partial charge in [0.2, 0.25) is 0 Å². The van der Waals surface area contributed by atoms with Crippen LogP contribution in [-0.4, -0.2) is 15.7 Å². The van der Waals surface area contributed by atoms with Crippen LogP contribution in [0, 0.1) is 6.92 Å². The van der Waals surface area contributed by atoms with E-state index >= 15 is 0 Å². The summed E-state index contributed by atoms with van der Waals surface area (Å²) in [6, 6.07) is 14.2. The Hall–Kier alpha value is -2.40. The maximum Gasteiger partial charge on any atom is 0.266 e. The highest BCUT2D eigenvalue weighted by Gasteiger charge is 2.14. The second kappa shape index (κ2) is 6.84. The number of nitrogens with one attached hydrogen (secondary N) is 1. The molecule has 0 saturated heterocycles. The fourth-order valence-electron chi connectivity index (χ4n) is 2.58. The van der Waals surface area contributed by atoms with Gasteiger partial charge in [0.15, 0.2) is 0 Å². The molecule has 0 aliphatic carbocycles. The van der Waals surface area contributed by atoms with E-state index in [-0.39, 0.29) is 11.3 Å². The molecule has 3 aromatic rings. The Bertz CT molecular complexity index is 869. The monoisotopic (exact) mass is 353 g/mol. The van der Waals surface area contributed by atoms with Gasteiger partial charge in [-0.2, -0.15) is 5.10 Å². The lowest BCUT2D eigenvalue weighted by molar-refractivity contribution is 0.102. The molecule has 2 heterocycles. The molecule has 0 bridgehead atoms. The largest absolute Gasteiger partial charge is 0.306 e. The van der Waals surface area contributed by atoms with E-state index in [1.165, 1.54) is 16.9 Å². The number of hydrogen-bond acceptors (Lipinski definition) is 3. The van der Waals surface area contributed by atoms with E-state index in [0.29, 0.717) is 17.2 Å². The number of benzene rings is 1. The molecule has 5 heteroatoms. The van der Waals surface area contributed by atoms with E-state index < -0.39 is 0 Å². The van der Waals surface area contributed by atoms with E-state index in [1.54, 1.807) is 6.20 Å². The molecule has 4 nitrogen and oxygen atoms in total. The van der Waals surface area contributed by atoms with Crippen molar-refractivity contribution in [3.05, 3.63) is 69.5 Å². The molecular weight excluding hydrogens is 330 g/mol. The number of aromatic nitrogens is 2. The fourth-order valence-corrected chi connectivity index (χ4v) is 3.35. The molecule has 1 amide bonds. The zero-order valence-electron chi connectivity index (χ0n) is 15.0. The van der Waals surface area contributed by atoms with Crippen molar-refractivity contribution in [2.75, 3.05) is 5.32 Å². The molecule has 0 radical (unpaired) electrons. The third kappa shape index (κ3) is 4.17. The summed E-state index contributed by atoms with van der Waals surface area (Å²) in [5.41, 5.74) is 2.60. The fraction of sp³-hybridized carbons (Fsp3) is 0.300. The number of hydrogen-bond donors (Lipinski definition) is 1. The first kappa shape index (κ1) is 17.4. The van der Waals surface area contributed by atoms with Gasteiger partial charge in [-0.25, -0.2) is 4.68 Å². The Balaban J connectivity index is 1.72. The van der Waals surface area contributed by atoms with Crippen molar-refractivity contribution in [3.63, 3.8) is 0 Å². The first-order chi connectivity index (χ1) is 11.8. The summed E-state index contributed by atoms with van der Waals surface area (Å²) in [5, 5.41) is 7.29. The van der Waals surface area contributed by atoms with Crippen LogP contribution in [-0.2, 0) is 12.0 Å². The molecule has 130 valence electrons. The zero-order chi connectivity index (χ0) is 18.0. The lowest BCUT2D eigenvalue weighted by atomic mass is 9.87. The average molecular weight is 353 g/mol. The number of amides is 1. The third-order valence-electron chi connectivity index (χ3n) is 4.07. The zero-order valence-corrected chi connectivity index (χ0v) is 15.9. The maximum atomic E-state index is 12.3. The van der Waals surface area contributed by atoms with Crippen LogP contribution >= 0.6 is 11.3 Å². The van der Waals surface area contributed by atoms with Crippen molar-refractivity contribution in [1.82, 2.24) is 9.78 Å². The van der Waals surface area contributed by atoms with Crippen molar-refractivity contribution >= 4 is 23.1 Å². The minimum atomic E-state index is -0.0945. The number of aryl methyl sites for hydroxylation is 1. The molecule has 0 aliphatic rings. The minimum absolute atomic E-state index is 0.0945. The molecular formula is C20H23N3OS. The van der Waals surface area contributed by atoms with Gasteiger partial charge in [-0.3, -0.25) is 4.79 Å². The normalized spacial score (nSPS) is 11.5. The molecule has 1 N–H and O–H groups in total. The Morgan fingerprint density at radius 2 is 1.84 bits per heavy atom. The predicted molar refractivity (Wildman–Crippen MR) is 103 cm³/mol. The van der Waals surface area contributed by atoms with Crippen molar-refractivity contribution in [2.24, 2.45) is 0 Å². The maximum absolute atomic E-state index is 12.3. The van der Waals surface area contributed by atoms with E-state index in [1.807, 2.05) is 29.8 Å². The van der Waals surface area contributed by atoms with Gasteiger partial charge in [0.05, 0.1) is 17.6 Å². The Labute approximate surface area is 152 Å². The standard InChI is InChI=1S/C20H23N3OS/c1-14-5-10-17(25-14)19(24)22-18-11-12-21-23(18)13-15-6-8-16(9-7-15)20(2,3)4/h5-12H,13H2,1-4H3,(H,22,24). The molecule has 1 aromatic carbocycles. The quantitative estimate of drug-likeness (QED) is 0.729. The molecule has 0 atom stereocenters. The third-order valence-corrected chi connectivity index (χ3v) is 5.07. The number of thiophene rings is 1. The van der Waals surface area contributed by atoms with Crippen LogP contribution in [0.4, 0.5) is 5.82 Å². The summed E-state index contributed by atoms with van der Waals surface area (Å²) in [5.74, 6) is 0.610. The summed E-state index contributed by atoms with van der Waals surface area (Å²) in [6.07, 6.45) is 1.71. The van der Waals surface area contributed by atoms with Gasteiger partial charge < -0.3 is 5.32 Å². The summed E-state index contributed by atoms with van der Waals surface area (Å²) >= 11 is 1.49. The second-order valence-electron chi connectivity index (χ2n) is 7.19. The van der Waals surface area contributed by atoms with Crippen LogP contribution in [0.5, 0.6) is 0 Å². The van der Waals surface area contributed by atoms with Crippen molar-refractivity contribution < 1.29 is 4.79 Å². The van der Waals surface area contributed by atoms with Crippen LogP contribution in [0.25, 0.3) is 0 Å². The summed E-state index contributed by atoms with van der Waals surface area (Å²) < 4.78 is 1.81. The van der Waals surface area contributed by atoms with Crippen molar-refractivity contribution in [2.45, 2.75) is 39.7 Å². The molecule has 0 aliphatic heterocycles. The lowest BCUT2D eigenvalue weighted by Gasteiger charge is -2.19. The highest BCUT2D eigenvalue weighted by molar-refractivity contribution is 7.14. The average Bonchev–Trinajstić information content (AvgIpc) is 3.16. The summed E-state index contributed by atoms with van der Waals surface area (Å²) in [6.45, 7) is 9.23. The summed E-state index contributed by atoms with van der Waals surface area (Å²) in [7, 11) is 0. The molecule has 0 unspecified atom stereocenters. The lowest BCUT2D eigenvalue weighted by Crippen LogP contribution is -2.15. The highest BCUT2D eigenvalue weighted by Crippen LogP contribution is 2.23. The van der Waals surface area contributed by atoms with Crippen LogP contribution in [0.1, 0.15) is 46.4 Å². The topological polar surface area (TPSA) is 46.9 Å². The van der Waals surface area contributed by atoms with Crippen LogP contribution < -0.4 is 5.32 Å². The van der Waals surface area contributed by atoms with Gasteiger partial charge in [-0.1, -0.05) is 45.0 Å². The smallest absolute Gasteiger partial charge is 0.266 e. The van der Waals surface area contributed by atoms with Crippen LogP contribution in [0.3, 0.4) is 0 Å². The first-order valence-electron chi connectivity index (χ1n) is 8.32. The van der Waals surface area contributed by atoms with Gasteiger partial charge in [0, 0.05) is 10.9 Å². The van der Waals surface area contributed by atoms with E-state index in [0.717, 1.165) is 10.4 Å². The predicted octanol–water partition coefficient (Wildman–Crippen LogP) is 4.85. The number of carbonyl (C=O) groups excluding carboxylic acids is 1. The van der Waals surface area contributed by atoms with Crippen molar-refractivity contribution in [3.8, 4) is 0 Å². The Morgan fingerprint density at radius 3 is 2.44 bits per heavy atom. The van der Waals surface area contributed by atoms with Gasteiger partial charge in [-0.05, 0) is 35.6 Å². The van der Waals surface area contributed by atoms with E-state index in [4.69, 9.17) is 0 Å². The van der Waals surface area contributed by atoms with Gasteiger partial charge >= 0.3 is 0 Å². The van der Waals surface area contributed by atoms with E-state index in [9.17, 15) is 4.79 Å². The molecule has 0 spiro atoms. The molecule has 0 saturated carbocycles. The molecule has 2 aromatic heterocycles. The highest BCUT2D eigenvalue weighted by atomic mass is 32.1. The van der Waals surface area contributed by atoms with Gasteiger partial charge in [0.1, 0.15) is 5.82 Å². The minimum Gasteiger partial charge on any atom is -0.306 e. The van der Waals surface area contributed by atoms with Gasteiger partial charge in [0.25, 0.3) is 5.91 Å². The van der Waals surface area contributed by atoms with Crippen molar-refractivity contribution in [1.29, 1.82) is 0 Å². The Kier molecular flexibility index (Phi) is 4.77. The molecule has 25 heavy (non-hydrogen) atoms.